The SMILES string of the molecule is COc1c(C2OCC(O)C(O)C2O)c(O)cc2oc(-c3ccc(OC4OC(C)C(O)C(O)C4O)cc3)cc(=O)c12. The van der Waals surface area contributed by atoms with Crippen LogP contribution < -0.4 is 14.9 Å². The van der Waals surface area contributed by atoms with Crippen molar-refractivity contribution in [3.8, 4) is 28.6 Å². The molecule has 3 aromatic rings. The van der Waals surface area contributed by atoms with Crippen LogP contribution in [0.4, 0.5) is 0 Å². The lowest BCUT2D eigenvalue weighted by atomic mass is 9.92. The zero-order chi connectivity index (χ0) is 28.9. The van der Waals surface area contributed by atoms with E-state index in [-0.39, 0.29) is 40.4 Å². The van der Waals surface area contributed by atoms with Crippen LogP contribution in [0.15, 0.2) is 45.6 Å². The molecule has 1 aromatic heterocycles. The second-order valence-electron chi connectivity index (χ2n) is 9.82. The fourth-order valence-electron chi connectivity index (χ4n) is 4.92. The zero-order valence-electron chi connectivity index (χ0n) is 21.4. The van der Waals surface area contributed by atoms with Crippen molar-refractivity contribution in [2.24, 2.45) is 0 Å². The summed E-state index contributed by atoms with van der Waals surface area (Å²) in [5, 5.41) is 71.1. The van der Waals surface area contributed by atoms with Crippen LogP contribution in [0.2, 0.25) is 0 Å². The summed E-state index contributed by atoms with van der Waals surface area (Å²) in [4.78, 5) is 13.2. The van der Waals surface area contributed by atoms with Crippen molar-refractivity contribution in [2.75, 3.05) is 13.7 Å². The number of aromatic hydroxyl groups is 1. The molecule has 216 valence electrons. The third-order valence-corrected chi connectivity index (χ3v) is 7.18. The Kier molecular flexibility index (Phi) is 7.74. The zero-order valence-corrected chi connectivity index (χ0v) is 21.4. The lowest BCUT2D eigenvalue weighted by Gasteiger charge is -2.38. The van der Waals surface area contributed by atoms with Gasteiger partial charge in [0.15, 0.2) is 5.43 Å². The molecule has 2 fully saturated rings. The van der Waals surface area contributed by atoms with Crippen LogP contribution in [0.5, 0.6) is 17.2 Å². The van der Waals surface area contributed by atoms with Gasteiger partial charge in [-0.25, -0.2) is 0 Å². The molecular formula is C27H30O13. The number of hydrogen-bond donors (Lipinski definition) is 7. The van der Waals surface area contributed by atoms with Gasteiger partial charge in [-0.15, -0.1) is 0 Å². The second-order valence-corrected chi connectivity index (χ2v) is 9.82. The predicted octanol–water partition coefficient (Wildman–Crippen LogP) is -0.466. The summed E-state index contributed by atoms with van der Waals surface area (Å²) in [5.41, 5.74) is -0.159. The first kappa shape index (κ1) is 28.3. The molecule has 0 saturated carbocycles. The molecule has 0 amide bonds. The molecule has 0 aliphatic carbocycles. The highest BCUT2D eigenvalue weighted by atomic mass is 16.7. The Bertz CT molecular complexity index is 1420. The second kappa shape index (κ2) is 11.0. The number of aliphatic hydroxyl groups excluding tert-OH is 6. The van der Waals surface area contributed by atoms with Gasteiger partial charge in [0, 0.05) is 17.7 Å². The van der Waals surface area contributed by atoms with Gasteiger partial charge < -0.3 is 59.1 Å². The minimum absolute atomic E-state index is 0.0212. The normalized spacial score (nSPS) is 32.6. The van der Waals surface area contributed by atoms with E-state index in [4.69, 9.17) is 23.4 Å². The highest BCUT2D eigenvalue weighted by Crippen LogP contribution is 2.44. The topological polar surface area (TPSA) is 209 Å². The Morgan fingerprint density at radius 3 is 2.27 bits per heavy atom. The third-order valence-electron chi connectivity index (χ3n) is 7.18. The highest BCUT2D eigenvalue weighted by molar-refractivity contribution is 5.88. The molecule has 2 aliphatic heterocycles. The van der Waals surface area contributed by atoms with E-state index in [0.29, 0.717) is 5.56 Å². The van der Waals surface area contributed by atoms with E-state index in [1.165, 1.54) is 38.3 Å². The number of benzene rings is 2. The number of phenols is 1. The van der Waals surface area contributed by atoms with Crippen molar-refractivity contribution in [3.63, 3.8) is 0 Å². The summed E-state index contributed by atoms with van der Waals surface area (Å²) in [6.07, 6.45) is -11.9. The smallest absolute Gasteiger partial charge is 0.229 e. The molecule has 2 aliphatic rings. The van der Waals surface area contributed by atoms with Crippen molar-refractivity contribution >= 4 is 11.0 Å². The maximum Gasteiger partial charge on any atom is 0.229 e. The quantitative estimate of drug-likeness (QED) is 0.210. The minimum atomic E-state index is -1.61. The van der Waals surface area contributed by atoms with E-state index in [9.17, 15) is 40.5 Å². The van der Waals surface area contributed by atoms with E-state index >= 15 is 0 Å². The number of phenolic OH excluding ortho intramolecular Hbond substituents is 1. The van der Waals surface area contributed by atoms with Crippen molar-refractivity contribution in [3.05, 3.63) is 52.2 Å². The predicted molar refractivity (Wildman–Crippen MR) is 136 cm³/mol. The Morgan fingerprint density at radius 2 is 1.60 bits per heavy atom. The van der Waals surface area contributed by atoms with Gasteiger partial charge in [-0.1, -0.05) is 0 Å². The summed E-state index contributed by atoms with van der Waals surface area (Å²) in [7, 11) is 1.26. The Hall–Kier alpha value is -3.27. The number of fused-ring (bicyclic) bond motifs is 1. The molecule has 13 nitrogen and oxygen atoms in total. The first-order valence-electron chi connectivity index (χ1n) is 12.5. The van der Waals surface area contributed by atoms with Gasteiger partial charge in [0.05, 0.1) is 25.4 Å². The first-order chi connectivity index (χ1) is 19.0. The van der Waals surface area contributed by atoms with Crippen LogP contribution >= 0.6 is 0 Å². The van der Waals surface area contributed by atoms with Crippen molar-refractivity contribution in [2.45, 2.75) is 62.0 Å². The Morgan fingerprint density at radius 1 is 0.900 bits per heavy atom. The molecular weight excluding hydrogens is 532 g/mol. The molecule has 13 heteroatoms. The molecule has 7 N–H and O–H groups in total. The molecule has 0 spiro atoms. The van der Waals surface area contributed by atoms with Crippen molar-refractivity contribution in [1.29, 1.82) is 0 Å². The van der Waals surface area contributed by atoms with Gasteiger partial charge in [0.2, 0.25) is 6.29 Å². The van der Waals surface area contributed by atoms with Crippen molar-refractivity contribution < 1.29 is 59.1 Å². The monoisotopic (exact) mass is 562 g/mol. The van der Waals surface area contributed by atoms with Crippen LogP contribution in [-0.2, 0) is 9.47 Å². The first-order valence-corrected chi connectivity index (χ1v) is 12.5. The third kappa shape index (κ3) is 4.91. The largest absolute Gasteiger partial charge is 0.507 e. The minimum Gasteiger partial charge on any atom is -0.507 e. The number of aliphatic hydroxyl groups is 6. The lowest BCUT2D eigenvalue weighted by Crippen LogP contribution is -2.58. The molecule has 2 aromatic carbocycles. The van der Waals surface area contributed by atoms with Gasteiger partial charge in [0.1, 0.15) is 76.7 Å². The van der Waals surface area contributed by atoms with E-state index in [2.05, 4.69) is 0 Å². The molecule has 5 rings (SSSR count). The maximum absolute atomic E-state index is 13.2. The fraction of sp³-hybridized carbons (Fsp3) is 0.444. The molecule has 0 bridgehead atoms. The molecule has 0 radical (unpaired) electrons. The number of hydrogen-bond acceptors (Lipinski definition) is 13. The number of ether oxygens (including phenoxy) is 4. The molecule has 3 heterocycles. The average Bonchev–Trinajstić information content (AvgIpc) is 2.93. The van der Waals surface area contributed by atoms with Crippen LogP contribution in [0, 0.1) is 0 Å². The Labute approximate surface area is 227 Å². The van der Waals surface area contributed by atoms with Crippen LogP contribution in [0.1, 0.15) is 18.6 Å². The van der Waals surface area contributed by atoms with Gasteiger partial charge in [-0.2, -0.15) is 0 Å². The lowest BCUT2D eigenvalue weighted by molar-refractivity contribution is -0.268. The highest BCUT2D eigenvalue weighted by Gasteiger charge is 2.43. The average molecular weight is 563 g/mol. The van der Waals surface area contributed by atoms with Gasteiger partial charge >= 0.3 is 0 Å². The molecule has 2 saturated heterocycles. The van der Waals surface area contributed by atoms with Crippen LogP contribution in [-0.4, -0.2) is 98.5 Å². The van der Waals surface area contributed by atoms with Crippen LogP contribution in [0.25, 0.3) is 22.3 Å². The van der Waals surface area contributed by atoms with Gasteiger partial charge in [-0.3, -0.25) is 4.79 Å². The standard InChI is InChI=1S/C27H30O13/c1-10-20(31)22(33)24(35)27(38-10)39-12-5-3-11(4-6-12)16-7-13(28)18-17(40-16)8-14(29)19(25(18)36-2)26-23(34)21(32)15(30)9-37-26/h3-8,10,15,20-24,26-27,29-35H,9H2,1-2H3. The van der Waals surface area contributed by atoms with E-state index < -0.39 is 66.3 Å². The summed E-state index contributed by atoms with van der Waals surface area (Å²) in [5.74, 6) is -0.117. The Balaban J connectivity index is 1.45. The van der Waals surface area contributed by atoms with Gasteiger partial charge in [-0.05, 0) is 31.2 Å². The molecule has 40 heavy (non-hydrogen) atoms. The molecule has 9 unspecified atom stereocenters. The summed E-state index contributed by atoms with van der Waals surface area (Å²) in [6, 6.07) is 8.60. The fourth-order valence-corrected chi connectivity index (χ4v) is 4.92. The van der Waals surface area contributed by atoms with E-state index in [0.717, 1.165) is 0 Å². The van der Waals surface area contributed by atoms with Gasteiger partial charge in [0.25, 0.3) is 0 Å². The maximum atomic E-state index is 13.2. The van der Waals surface area contributed by atoms with E-state index in [1.54, 1.807) is 12.1 Å². The number of rotatable bonds is 5. The van der Waals surface area contributed by atoms with E-state index in [1.807, 2.05) is 0 Å². The van der Waals surface area contributed by atoms with Crippen molar-refractivity contribution in [1.82, 2.24) is 0 Å². The summed E-state index contributed by atoms with van der Waals surface area (Å²) >= 11 is 0. The summed E-state index contributed by atoms with van der Waals surface area (Å²) in [6.45, 7) is 1.22. The number of methoxy groups -OCH3 is 1. The molecule has 9 atom stereocenters. The summed E-state index contributed by atoms with van der Waals surface area (Å²) < 4.78 is 27.8. The van der Waals surface area contributed by atoms with Crippen LogP contribution in [0.3, 0.4) is 0 Å².